The fourth-order valence-electron chi connectivity index (χ4n) is 1.94. The van der Waals surface area contributed by atoms with E-state index in [0.717, 1.165) is 0 Å². The third-order valence-corrected chi connectivity index (χ3v) is 3.08. The molecule has 1 aromatic rings. The van der Waals surface area contributed by atoms with Gasteiger partial charge >= 0.3 is 12.1 Å². The first kappa shape index (κ1) is 20.4. The number of nitrogens with one attached hydrogen (secondary N) is 2. The normalized spacial score (nSPS) is 10.9. The maximum atomic E-state index is 11.8. The lowest BCUT2D eigenvalue weighted by molar-refractivity contribution is -0.120. The Kier molecular flexibility index (Phi) is 7.34. The third-order valence-electron chi connectivity index (χ3n) is 3.08. The van der Waals surface area contributed by atoms with Crippen molar-refractivity contribution in [3.63, 3.8) is 0 Å². The van der Waals surface area contributed by atoms with Crippen molar-refractivity contribution in [1.29, 1.82) is 0 Å². The van der Waals surface area contributed by atoms with Gasteiger partial charge in [0.1, 0.15) is 5.60 Å². The second-order valence-electron chi connectivity index (χ2n) is 6.20. The molecule has 0 saturated heterocycles. The number of aryl methyl sites for hydroxylation is 1. The smallest absolute Gasteiger partial charge is 0.407 e. The van der Waals surface area contributed by atoms with Crippen LogP contribution in [0.25, 0.3) is 0 Å². The molecule has 0 aliphatic heterocycles. The molecule has 10 heteroatoms. The summed E-state index contributed by atoms with van der Waals surface area (Å²) in [5, 5.41) is 12.8. The van der Waals surface area contributed by atoms with E-state index in [0.29, 0.717) is 5.69 Å². The molecule has 25 heavy (non-hydrogen) atoms. The molecule has 2 amide bonds. The Morgan fingerprint density at radius 3 is 2.48 bits per heavy atom. The lowest BCUT2D eigenvalue weighted by Gasteiger charge is -2.19. The number of carbonyl (C=O) groups is 3. The SMILES string of the molecule is CNC(=O)CCn1nnc(C(=O)OC)c1CCNC(=O)OC(C)(C)C. The second kappa shape index (κ2) is 9.00. The highest BCUT2D eigenvalue weighted by Crippen LogP contribution is 2.10. The minimum Gasteiger partial charge on any atom is -0.464 e. The van der Waals surface area contributed by atoms with Gasteiger partial charge in [-0.2, -0.15) is 0 Å². The molecule has 0 aliphatic rings. The Hall–Kier alpha value is -2.65. The average molecular weight is 355 g/mol. The number of amides is 2. The maximum Gasteiger partial charge on any atom is 0.407 e. The fourth-order valence-corrected chi connectivity index (χ4v) is 1.94. The number of hydrogen-bond acceptors (Lipinski definition) is 7. The zero-order valence-electron chi connectivity index (χ0n) is 15.2. The van der Waals surface area contributed by atoms with Gasteiger partial charge in [-0.15, -0.1) is 5.10 Å². The first-order valence-electron chi connectivity index (χ1n) is 7.86. The van der Waals surface area contributed by atoms with Gasteiger partial charge < -0.3 is 20.1 Å². The molecular weight excluding hydrogens is 330 g/mol. The summed E-state index contributed by atoms with van der Waals surface area (Å²) in [6, 6.07) is 0. The van der Waals surface area contributed by atoms with E-state index in [1.165, 1.54) is 18.8 Å². The van der Waals surface area contributed by atoms with Crippen molar-refractivity contribution in [3.05, 3.63) is 11.4 Å². The van der Waals surface area contributed by atoms with Crippen LogP contribution in [0, 0.1) is 0 Å². The van der Waals surface area contributed by atoms with Gasteiger partial charge in [0.25, 0.3) is 0 Å². The van der Waals surface area contributed by atoms with E-state index in [2.05, 4.69) is 25.7 Å². The molecule has 0 radical (unpaired) electrons. The highest BCUT2D eigenvalue weighted by atomic mass is 16.6. The van der Waals surface area contributed by atoms with Gasteiger partial charge in [-0.1, -0.05) is 5.21 Å². The summed E-state index contributed by atoms with van der Waals surface area (Å²) < 4.78 is 11.3. The summed E-state index contributed by atoms with van der Waals surface area (Å²) in [6.07, 6.45) is -0.0892. The van der Waals surface area contributed by atoms with Gasteiger partial charge in [0, 0.05) is 26.4 Å². The number of methoxy groups -OCH3 is 1. The Labute approximate surface area is 146 Å². The van der Waals surface area contributed by atoms with E-state index < -0.39 is 17.7 Å². The van der Waals surface area contributed by atoms with Crippen molar-refractivity contribution in [1.82, 2.24) is 25.6 Å². The molecular formula is C15H25N5O5. The highest BCUT2D eigenvalue weighted by Gasteiger charge is 2.21. The molecule has 0 unspecified atom stereocenters. The van der Waals surface area contributed by atoms with Crippen molar-refractivity contribution in [2.75, 3.05) is 20.7 Å². The quantitative estimate of drug-likeness (QED) is 0.673. The summed E-state index contributed by atoms with van der Waals surface area (Å²) in [7, 11) is 2.78. The van der Waals surface area contributed by atoms with Crippen LogP contribution in [0.2, 0.25) is 0 Å². The van der Waals surface area contributed by atoms with Crippen LogP contribution in [0.1, 0.15) is 43.4 Å². The molecule has 1 rings (SSSR count). The zero-order chi connectivity index (χ0) is 19.0. The van der Waals surface area contributed by atoms with Crippen LogP contribution < -0.4 is 10.6 Å². The van der Waals surface area contributed by atoms with Crippen LogP contribution in [0.4, 0.5) is 4.79 Å². The molecule has 0 spiro atoms. The van der Waals surface area contributed by atoms with Crippen molar-refractivity contribution in [2.45, 2.75) is 45.8 Å². The third kappa shape index (κ3) is 6.77. The Bertz CT molecular complexity index is 620. The largest absolute Gasteiger partial charge is 0.464 e. The second-order valence-corrected chi connectivity index (χ2v) is 6.20. The Morgan fingerprint density at radius 2 is 1.92 bits per heavy atom. The monoisotopic (exact) mass is 355 g/mol. The molecule has 1 heterocycles. The topological polar surface area (TPSA) is 124 Å². The van der Waals surface area contributed by atoms with Crippen LogP contribution in [-0.4, -0.2) is 59.3 Å². The first-order chi connectivity index (χ1) is 11.7. The summed E-state index contributed by atoms with van der Waals surface area (Å²) in [5.74, 6) is -0.786. The maximum absolute atomic E-state index is 11.8. The van der Waals surface area contributed by atoms with E-state index in [9.17, 15) is 14.4 Å². The number of esters is 1. The van der Waals surface area contributed by atoms with Crippen LogP contribution in [0.15, 0.2) is 0 Å². The average Bonchev–Trinajstić information content (AvgIpc) is 2.93. The Morgan fingerprint density at radius 1 is 1.24 bits per heavy atom. The molecule has 1 aromatic heterocycles. The van der Waals surface area contributed by atoms with Crippen LogP contribution >= 0.6 is 0 Å². The van der Waals surface area contributed by atoms with E-state index in [-0.39, 0.29) is 37.5 Å². The minimum absolute atomic E-state index is 0.0606. The summed E-state index contributed by atoms with van der Waals surface area (Å²) >= 11 is 0. The fraction of sp³-hybridized carbons (Fsp3) is 0.667. The van der Waals surface area contributed by atoms with E-state index >= 15 is 0 Å². The molecule has 0 bridgehead atoms. The Balaban J connectivity index is 2.76. The summed E-state index contributed by atoms with van der Waals surface area (Å²) in [4.78, 5) is 34.9. The number of alkyl carbamates (subject to hydrolysis) is 1. The van der Waals surface area contributed by atoms with Gasteiger partial charge in [0.05, 0.1) is 19.3 Å². The highest BCUT2D eigenvalue weighted by molar-refractivity contribution is 5.88. The van der Waals surface area contributed by atoms with E-state index in [1.54, 1.807) is 20.8 Å². The minimum atomic E-state index is -0.626. The summed E-state index contributed by atoms with van der Waals surface area (Å²) in [5.41, 5.74) is -0.0600. The zero-order valence-corrected chi connectivity index (χ0v) is 15.2. The molecule has 0 aliphatic carbocycles. The number of carbonyl (C=O) groups excluding carboxylic acids is 3. The standard InChI is InChI=1S/C15H25N5O5/c1-15(2,3)25-14(23)17-8-6-10-12(13(22)24-5)18-19-20(10)9-7-11(21)16-4/h6-9H2,1-5H3,(H,16,21)(H,17,23). The number of ether oxygens (including phenoxy) is 2. The lowest BCUT2D eigenvalue weighted by Crippen LogP contribution is -2.34. The molecule has 10 nitrogen and oxygen atoms in total. The molecule has 0 fully saturated rings. The lowest BCUT2D eigenvalue weighted by atomic mass is 10.2. The van der Waals surface area contributed by atoms with Gasteiger partial charge in [-0.3, -0.25) is 4.79 Å². The number of aromatic nitrogens is 3. The van der Waals surface area contributed by atoms with Gasteiger partial charge in [0.2, 0.25) is 5.91 Å². The number of nitrogens with zero attached hydrogens (tertiary/aromatic N) is 3. The molecule has 2 N–H and O–H groups in total. The predicted octanol–water partition coefficient (Wildman–Crippen LogP) is 0.268. The number of hydrogen-bond donors (Lipinski definition) is 2. The van der Waals surface area contributed by atoms with E-state index in [4.69, 9.17) is 4.74 Å². The van der Waals surface area contributed by atoms with Gasteiger partial charge in [0.15, 0.2) is 5.69 Å². The predicted molar refractivity (Wildman–Crippen MR) is 88.0 cm³/mol. The van der Waals surface area contributed by atoms with Crippen molar-refractivity contribution < 1.29 is 23.9 Å². The van der Waals surface area contributed by atoms with Crippen LogP contribution in [0.5, 0.6) is 0 Å². The summed E-state index contributed by atoms with van der Waals surface area (Å²) in [6.45, 7) is 5.76. The molecule has 0 saturated carbocycles. The van der Waals surface area contributed by atoms with Crippen molar-refractivity contribution >= 4 is 18.0 Å². The van der Waals surface area contributed by atoms with Gasteiger partial charge in [-0.05, 0) is 20.8 Å². The molecule has 0 atom stereocenters. The number of rotatable bonds is 7. The van der Waals surface area contributed by atoms with E-state index in [1.807, 2.05) is 0 Å². The molecule has 0 aromatic carbocycles. The van der Waals surface area contributed by atoms with Crippen LogP contribution in [0.3, 0.4) is 0 Å². The van der Waals surface area contributed by atoms with Crippen molar-refractivity contribution in [3.8, 4) is 0 Å². The van der Waals surface area contributed by atoms with Crippen molar-refractivity contribution in [2.24, 2.45) is 0 Å². The van der Waals surface area contributed by atoms with Gasteiger partial charge in [-0.25, -0.2) is 14.3 Å². The molecule has 140 valence electrons. The first-order valence-corrected chi connectivity index (χ1v) is 7.86. The van der Waals surface area contributed by atoms with Crippen LogP contribution in [-0.2, 0) is 27.2 Å².